The van der Waals surface area contributed by atoms with Crippen molar-refractivity contribution in [2.24, 2.45) is 0 Å². The van der Waals surface area contributed by atoms with E-state index in [-0.39, 0.29) is 12.3 Å². The lowest BCUT2D eigenvalue weighted by Crippen LogP contribution is -2.37. The number of hydrogen-bond acceptors (Lipinski definition) is 2. The summed E-state index contributed by atoms with van der Waals surface area (Å²) in [6.07, 6.45) is 3.65. The predicted octanol–water partition coefficient (Wildman–Crippen LogP) is 5.74. The van der Waals surface area contributed by atoms with Gasteiger partial charge in [-0.25, -0.2) is 4.57 Å². The molecule has 148 valence electrons. The van der Waals surface area contributed by atoms with E-state index >= 15 is 0 Å². The Morgan fingerprint density at radius 1 is 0.710 bits per heavy atom. The molecule has 31 heavy (non-hydrogen) atoms. The molecular formula is C28H21N2O+. The molecule has 3 heteroatoms. The Kier molecular flexibility index (Phi) is 5.07. The van der Waals surface area contributed by atoms with Gasteiger partial charge in [-0.2, -0.15) is 0 Å². The molecule has 0 aliphatic rings. The van der Waals surface area contributed by atoms with Gasteiger partial charge in [0.25, 0.3) is 6.33 Å². The van der Waals surface area contributed by atoms with Crippen molar-refractivity contribution in [3.8, 4) is 22.4 Å². The highest BCUT2D eigenvalue weighted by Gasteiger charge is 2.13. The molecule has 0 atom stereocenters. The number of benzene rings is 4. The van der Waals surface area contributed by atoms with Crippen molar-refractivity contribution in [2.45, 2.75) is 6.54 Å². The van der Waals surface area contributed by atoms with Crippen molar-refractivity contribution >= 4 is 16.6 Å². The first-order chi connectivity index (χ1) is 15.3. The number of Topliss-reactive ketones (excluding diaryl/α,β-unsaturated/α-hetero) is 1. The van der Waals surface area contributed by atoms with Crippen LogP contribution in [0.15, 0.2) is 116 Å². The second kappa shape index (κ2) is 8.33. The normalized spacial score (nSPS) is 10.8. The average Bonchev–Trinajstić information content (AvgIpc) is 2.85. The van der Waals surface area contributed by atoms with Gasteiger partial charge < -0.3 is 0 Å². The molecule has 0 saturated carbocycles. The number of carbonyl (C=O) groups excluding carboxylic acids is 1. The van der Waals surface area contributed by atoms with E-state index in [0.29, 0.717) is 5.56 Å². The largest absolute Gasteiger partial charge is 0.290 e. The molecule has 5 aromatic rings. The molecule has 0 radical (unpaired) electrons. The summed E-state index contributed by atoms with van der Waals surface area (Å²) in [5.41, 5.74) is 4.93. The minimum atomic E-state index is 0.0596. The highest BCUT2D eigenvalue weighted by molar-refractivity contribution is 5.96. The maximum atomic E-state index is 12.7. The van der Waals surface area contributed by atoms with Gasteiger partial charge in [0.2, 0.25) is 5.78 Å². The first-order valence-corrected chi connectivity index (χ1v) is 10.3. The molecule has 5 rings (SSSR count). The van der Waals surface area contributed by atoms with Crippen molar-refractivity contribution < 1.29 is 9.36 Å². The third-order valence-corrected chi connectivity index (χ3v) is 5.47. The van der Waals surface area contributed by atoms with E-state index in [0.717, 1.165) is 22.4 Å². The lowest BCUT2D eigenvalue weighted by atomic mass is 10.0. The van der Waals surface area contributed by atoms with E-state index in [2.05, 4.69) is 41.4 Å². The molecule has 0 aliphatic heterocycles. The number of nitrogens with zero attached hydrogens (tertiary/aromatic N) is 2. The molecular weight excluding hydrogens is 380 g/mol. The molecule has 3 nitrogen and oxygen atoms in total. The lowest BCUT2D eigenvalue weighted by Gasteiger charge is -2.05. The van der Waals surface area contributed by atoms with Crippen LogP contribution in [0.3, 0.4) is 0 Å². The van der Waals surface area contributed by atoms with Crippen molar-refractivity contribution in [3.63, 3.8) is 0 Å². The van der Waals surface area contributed by atoms with Crippen molar-refractivity contribution in [2.75, 3.05) is 0 Å². The Morgan fingerprint density at radius 3 is 2.19 bits per heavy atom. The Hall–Kier alpha value is -4.11. The predicted molar refractivity (Wildman–Crippen MR) is 124 cm³/mol. The van der Waals surface area contributed by atoms with E-state index in [1.165, 1.54) is 10.8 Å². The molecule has 0 unspecified atom stereocenters. The van der Waals surface area contributed by atoms with Gasteiger partial charge in [0.05, 0.1) is 6.20 Å². The van der Waals surface area contributed by atoms with E-state index in [9.17, 15) is 4.79 Å². The molecule has 0 bridgehead atoms. The quantitative estimate of drug-likeness (QED) is 0.278. The SMILES string of the molecule is O=C(C[n+]1ccc(-c2cccc3ccccc23)nc1)c1ccc(-c2ccccc2)cc1. The molecule has 4 aromatic carbocycles. The van der Waals surface area contributed by atoms with Crippen LogP contribution in [-0.2, 0) is 6.54 Å². The minimum absolute atomic E-state index is 0.0596. The Labute approximate surface area is 181 Å². The Balaban J connectivity index is 1.33. The van der Waals surface area contributed by atoms with Crippen LogP contribution in [0.1, 0.15) is 10.4 Å². The van der Waals surface area contributed by atoms with Gasteiger partial charge in [0.1, 0.15) is 0 Å². The molecule has 0 aliphatic carbocycles. The summed E-state index contributed by atoms with van der Waals surface area (Å²) in [5, 5.41) is 2.36. The number of carbonyl (C=O) groups is 1. The number of rotatable bonds is 5. The van der Waals surface area contributed by atoms with E-state index in [1.807, 2.05) is 77.5 Å². The summed E-state index contributed by atoms with van der Waals surface area (Å²) in [7, 11) is 0. The molecule has 0 fully saturated rings. The molecule has 0 N–H and O–H groups in total. The first-order valence-electron chi connectivity index (χ1n) is 10.3. The second-order valence-electron chi connectivity index (χ2n) is 7.51. The monoisotopic (exact) mass is 401 g/mol. The van der Waals surface area contributed by atoms with Gasteiger partial charge in [-0.3, -0.25) is 4.79 Å². The fraction of sp³-hybridized carbons (Fsp3) is 0.0357. The van der Waals surface area contributed by atoms with Gasteiger partial charge in [0.15, 0.2) is 12.2 Å². The van der Waals surface area contributed by atoms with Crippen molar-refractivity contribution in [3.05, 3.63) is 121 Å². The third kappa shape index (κ3) is 3.99. The number of hydrogen-bond donors (Lipinski definition) is 0. The fourth-order valence-electron chi connectivity index (χ4n) is 3.82. The molecule has 0 saturated heterocycles. The molecule has 0 amide bonds. The number of fused-ring (bicyclic) bond motifs is 1. The van der Waals surface area contributed by atoms with Crippen LogP contribution in [-0.4, -0.2) is 10.8 Å². The Morgan fingerprint density at radius 2 is 1.42 bits per heavy atom. The summed E-state index contributed by atoms with van der Waals surface area (Å²) >= 11 is 0. The highest BCUT2D eigenvalue weighted by atomic mass is 16.1. The van der Waals surface area contributed by atoms with Crippen molar-refractivity contribution in [1.82, 2.24) is 4.98 Å². The topological polar surface area (TPSA) is 33.8 Å². The summed E-state index contributed by atoms with van der Waals surface area (Å²) in [6, 6.07) is 34.4. The molecule has 1 heterocycles. The smallest absolute Gasteiger partial charge is 0.287 e. The second-order valence-corrected chi connectivity index (χ2v) is 7.51. The van der Waals surface area contributed by atoms with Gasteiger partial charge in [0, 0.05) is 17.2 Å². The lowest BCUT2D eigenvalue weighted by molar-refractivity contribution is -0.686. The van der Waals surface area contributed by atoms with E-state index in [1.54, 1.807) is 6.33 Å². The highest BCUT2D eigenvalue weighted by Crippen LogP contribution is 2.26. The minimum Gasteiger partial charge on any atom is -0.290 e. The standard InChI is InChI=1S/C28H21N2O/c31-28(24-15-13-22(14-16-24)21-7-2-1-3-8-21)19-30-18-17-27(29-20-30)26-12-6-10-23-9-4-5-11-25(23)26/h1-18,20H,19H2/q+1. The maximum Gasteiger partial charge on any atom is 0.287 e. The molecule has 0 spiro atoms. The van der Waals surface area contributed by atoms with Crippen LogP contribution in [0.4, 0.5) is 0 Å². The maximum absolute atomic E-state index is 12.7. The number of ketones is 1. The van der Waals surface area contributed by atoms with Crippen LogP contribution in [0, 0.1) is 0 Å². The van der Waals surface area contributed by atoms with Crippen LogP contribution >= 0.6 is 0 Å². The third-order valence-electron chi connectivity index (χ3n) is 5.47. The zero-order valence-corrected chi connectivity index (χ0v) is 17.0. The Bertz CT molecular complexity index is 1340. The summed E-state index contributed by atoms with van der Waals surface area (Å²) in [5.74, 6) is 0.0596. The van der Waals surface area contributed by atoms with E-state index < -0.39 is 0 Å². The summed E-state index contributed by atoms with van der Waals surface area (Å²) in [6.45, 7) is 0.257. The zero-order chi connectivity index (χ0) is 21.0. The van der Waals surface area contributed by atoms with Gasteiger partial charge in [-0.1, -0.05) is 91.0 Å². The number of aromatic nitrogens is 2. The first kappa shape index (κ1) is 18.9. The fourth-order valence-corrected chi connectivity index (χ4v) is 3.82. The van der Waals surface area contributed by atoms with E-state index in [4.69, 9.17) is 0 Å². The van der Waals surface area contributed by atoms with Crippen LogP contribution in [0.25, 0.3) is 33.2 Å². The van der Waals surface area contributed by atoms with Gasteiger partial charge in [-0.05, 0) is 32.9 Å². The van der Waals surface area contributed by atoms with Gasteiger partial charge in [-0.15, -0.1) is 0 Å². The van der Waals surface area contributed by atoms with Gasteiger partial charge >= 0.3 is 0 Å². The average molecular weight is 401 g/mol. The van der Waals surface area contributed by atoms with Crippen LogP contribution < -0.4 is 4.57 Å². The van der Waals surface area contributed by atoms with Crippen LogP contribution in [0.5, 0.6) is 0 Å². The summed E-state index contributed by atoms with van der Waals surface area (Å²) in [4.78, 5) is 17.4. The summed E-state index contributed by atoms with van der Waals surface area (Å²) < 4.78 is 1.82. The zero-order valence-electron chi connectivity index (χ0n) is 17.0. The van der Waals surface area contributed by atoms with Crippen LogP contribution in [0.2, 0.25) is 0 Å². The molecule has 1 aromatic heterocycles. The van der Waals surface area contributed by atoms with Crippen molar-refractivity contribution in [1.29, 1.82) is 0 Å².